The Morgan fingerprint density at radius 3 is 2.58 bits per heavy atom. The molecule has 0 atom stereocenters. The molecule has 0 radical (unpaired) electrons. The summed E-state index contributed by atoms with van der Waals surface area (Å²) >= 11 is 0. The molecule has 0 aliphatic rings. The number of aryl methyl sites for hydroxylation is 1. The molecule has 0 bridgehead atoms. The molecule has 0 fully saturated rings. The Bertz CT molecular complexity index is 995. The Hall–Kier alpha value is -3.47. The van der Waals surface area contributed by atoms with Gasteiger partial charge in [-0.25, -0.2) is 0 Å². The molecule has 3 aromatic rings. The quantitative estimate of drug-likeness (QED) is 0.693. The highest BCUT2D eigenvalue weighted by atomic mass is 16.2. The highest BCUT2D eigenvalue weighted by molar-refractivity contribution is 6.14. The highest BCUT2D eigenvalue weighted by Crippen LogP contribution is 2.21. The summed E-state index contributed by atoms with van der Waals surface area (Å²) in [6.45, 7) is 5.79. The van der Waals surface area contributed by atoms with Gasteiger partial charge in [0.2, 0.25) is 0 Å². The van der Waals surface area contributed by atoms with Crippen LogP contribution in [0.2, 0.25) is 0 Å². The van der Waals surface area contributed by atoms with Crippen molar-refractivity contribution in [3.8, 4) is 0 Å². The number of amides is 2. The van der Waals surface area contributed by atoms with Crippen molar-refractivity contribution in [2.24, 2.45) is 0 Å². The predicted molar refractivity (Wildman–Crippen MR) is 103 cm³/mol. The van der Waals surface area contributed by atoms with Crippen molar-refractivity contribution in [2.45, 2.75) is 6.92 Å². The Morgan fingerprint density at radius 1 is 1.04 bits per heavy atom. The van der Waals surface area contributed by atoms with Gasteiger partial charge in [0.1, 0.15) is 0 Å². The van der Waals surface area contributed by atoms with E-state index in [9.17, 15) is 9.59 Å². The number of rotatable bonds is 5. The molecule has 0 spiro atoms. The number of benzene rings is 2. The molecule has 3 rings (SSSR count). The van der Waals surface area contributed by atoms with E-state index in [1.54, 1.807) is 36.4 Å². The van der Waals surface area contributed by atoms with E-state index in [1.165, 1.54) is 0 Å². The number of carbonyl (C=O) groups excluding carboxylic acids is 2. The van der Waals surface area contributed by atoms with E-state index >= 15 is 0 Å². The largest absolute Gasteiger partial charge is 0.349 e. The average molecular weight is 345 g/mol. The number of nitrogens with one attached hydrogen (secondary N) is 2. The third kappa shape index (κ3) is 3.62. The minimum absolute atomic E-state index is 0.267. The number of hydrogen-bond acceptors (Lipinski definition) is 3. The summed E-state index contributed by atoms with van der Waals surface area (Å²) in [5.74, 6) is -0.549. The summed E-state index contributed by atoms with van der Waals surface area (Å²) in [5, 5.41) is 6.34. The Balaban J connectivity index is 1.95. The fraction of sp³-hybridized carbons (Fsp3) is 0.0952. The minimum Gasteiger partial charge on any atom is -0.349 e. The van der Waals surface area contributed by atoms with E-state index in [1.807, 2.05) is 31.2 Å². The van der Waals surface area contributed by atoms with Crippen molar-refractivity contribution in [1.82, 2.24) is 10.3 Å². The number of nitrogens with zero attached hydrogens (tertiary/aromatic N) is 1. The van der Waals surface area contributed by atoms with Gasteiger partial charge in [-0.15, -0.1) is 6.58 Å². The van der Waals surface area contributed by atoms with Gasteiger partial charge in [0.15, 0.2) is 0 Å². The Kier molecular flexibility index (Phi) is 5.08. The number of para-hydroxylation sites is 2. The van der Waals surface area contributed by atoms with Crippen LogP contribution in [0.25, 0.3) is 10.9 Å². The lowest BCUT2D eigenvalue weighted by Gasteiger charge is -2.12. The molecule has 26 heavy (non-hydrogen) atoms. The van der Waals surface area contributed by atoms with Gasteiger partial charge in [-0.2, -0.15) is 0 Å². The van der Waals surface area contributed by atoms with Gasteiger partial charge in [-0.1, -0.05) is 36.4 Å². The summed E-state index contributed by atoms with van der Waals surface area (Å²) in [4.78, 5) is 29.6. The summed E-state index contributed by atoms with van der Waals surface area (Å²) in [5.41, 5.74) is 2.89. The van der Waals surface area contributed by atoms with Gasteiger partial charge < -0.3 is 10.6 Å². The maximum Gasteiger partial charge on any atom is 0.256 e. The van der Waals surface area contributed by atoms with E-state index in [-0.39, 0.29) is 11.8 Å². The van der Waals surface area contributed by atoms with Crippen molar-refractivity contribution < 1.29 is 9.59 Å². The Morgan fingerprint density at radius 2 is 1.77 bits per heavy atom. The molecule has 5 heteroatoms. The molecule has 1 aromatic heterocycles. The molecule has 0 aliphatic heterocycles. The maximum atomic E-state index is 12.9. The van der Waals surface area contributed by atoms with Crippen molar-refractivity contribution in [2.75, 3.05) is 11.9 Å². The number of fused-ring (bicyclic) bond motifs is 1. The molecule has 0 saturated heterocycles. The average Bonchev–Trinajstić information content (AvgIpc) is 2.65. The van der Waals surface area contributed by atoms with Crippen LogP contribution in [0.5, 0.6) is 0 Å². The number of carbonyl (C=O) groups is 2. The summed E-state index contributed by atoms with van der Waals surface area (Å²) < 4.78 is 0. The molecule has 0 aliphatic carbocycles. The minimum atomic E-state index is -0.282. The fourth-order valence-electron chi connectivity index (χ4n) is 2.74. The van der Waals surface area contributed by atoms with Gasteiger partial charge >= 0.3 is 0 Å². The van der Waals surface area contributed by atoms with Crippen LogP contribution in [0.3, 0.4) is 0 Å². The van der Waals surface area contributed by atoms with Gasteiger partial charge in [-0.3, -0.25) is 14.6 Å². The molecular formula is C21H19N3O2. The van der Waals surface area contributed by atoms with E-state index in [0.717, 1.165) is 16.6 Å². The van der Waals surface area contributed by atoms with Crippen LogP contribution in [0.4, 0.5) is 5.69 Å². The molecule has 2 N–H and O–H groups in total. The summed E-state index contributed by atoms with van der Waals surface area (Å²) in [7, 11) is 0. The highest BCUT2D eigenvalue weighted by Gasteiger charge is 2.16. The van der Waals surface area contributed by atoms with Crippen LogP contribution in [-0.2, 0) is 0 Å². The lowest BCUT2D eigenvalue weighted by molar-refractivity contribution is 0.0959. The van der Waals surface area contributed by atoms with Crippen molar-refractivity contribution >= 4 is 28.4 Å². The zero-order valence-electron chi connectivity index (χ0n) is 14.5. The summed E-state index contributed by atoms with van der Waals surface area (Å²) in [6.07, 6.45) is 1.60. The van der Waals surface area contributed by atoms with Crippen LogP contribution in [-0.4, -0.2) is 23.3 Å². The number of anilines is 1. The summed E-state index contributed by atoms with van der Waals surface area (Å²) in [6, 6.07) is 16.1. The van der Waals surface area contributed by atoms with Crippen molar-refractivity contribution in [1.29, 1.82) is 0 Å². The number of hydrogen-bond donors (Lipinski definition) is 2. The van der Waals surface area contributed by atoms with Crippen LogP contribution < -0.4 is 10.6 Å². The molecule has 1 heterocycles. The van der Waals surface area contributed by atoms with Gasteiger partial charge in [-0.05, 0) is 31.2 Å². The molecule has 130 valence electrons. The van der Waals surface area contributed by atoms with E-state index in [0.29, 0.717) is 23.4 Å². The normalized spacial score (nSPS) is 10.3. The molecule has 0 saturated carbocycles. The number of pyridine rings is 1. The van der Waals surface area contributed by atoms with Crippen LogP contribution >= 0.6 is 0 Å². The van der Waals surface area contributed by atoms with Crippen molar-refractivity contribution in [3.05, 3.63) is 84.1 Å². The van der Waals surface area contributed by atoms with E-state index < -0.39 is 0 Å². The monoisotopic (exact) mass is 345 g/mol. The van der Waals surface area contributed by atoms with E-state index in [4.69, 9.17) is 0 Å². The standard InChI is InChI=1S/C21H19N3O2/c1-3-12-22-20(25)16-9-5-7-11-19(16)24-21(26)17-13-14(2)23-18-10-6-4-8-15(17)18/h3-11,13H,1,12H2,2H3,(H,22,25)(H,24,26). The Labute approximate surface area is 151 Å². The van der Waals surface area contributed by atoms with Gasteiger partial charge in [0.05, 0.1) is 22.3 Å². The smallest absolute Gasteiger partial charge is 0.256 e. The van der Waals surface area contributed by atoms with Gasteiger partial charge in [0, 0.05) is 17.6 Å². The molecule has 5 nitrogen and oxygen atoms in total. The molecule has 2 aromatic carbocycles. The van der Waals surface area contributed by atoms with Crippen LogP contribution in [0.1, 0.15) is 26.4 Å². The second kappa shape index (κ2) is 7.61. The third-order valence-corrected chi connectivity index (χ3v) is 3.92. The second-order valence-electron chi connectivity index (χ2n) is 5.83. The topological polar surface area (TPSA) is 71.1 Å². The SMILES string of the molecule is C=CCNC(=O)c1ccccc1NC(=O)c1cc(C)nc2ccccc12. The van der Waals surface area contributed by atoms with Crippen LogP contribution in [0.15, 0.2) is 67.3 Å². The number of aromatic nitrogens is 1. The second-order valence-corrected chi connectivity index (χ2v) is 5.83. The van der Waals surface area contributed by atoms with Gasteiger partial charge in [0.25, 0.3) is 11.8 Å². The molecule has 0 unspecified atom stereocenters. The zero-order valence-corrected chi connectivity index (χ0v) is 14.5. The first-order valence-electron chi connectivity index (χ1n) is 8.26. The maximum absolute atomic E-state index is 12.9. The first-order chi connectivity index (χ1) is 12.6. The van der Waals surface area contributed by atoms with E-state index in [2.05, 4.69) is 22.2 Å². The lowest BCUT2D eigenvalue weighted by atomic mass is 10.1. The van der Waals surface area contributed by atoms with Crippen LogP contribution in [0, 0.1) is 6.92 Å². The predicted octanol–water partition coefficient (Wildman–Crippen LogP) is 3.71. The first-order valence-corrected chi connectivity index (χ1v) is 8.26. The molecule has 2 amide bonds. The molecular weight excluding hydrogens is 326 g/mol. The third-order valence-electron chi connectivity index (χ3n) is 3.92. The lowest BCUT2D eigenvalue weighted by Crippen LogP contribution is -2.25. The first kappa shape index (κ1) is 17.4. The van der Waals surface area contributed by atoms with Crippen molar-refractivity contribution in [3.63, 3.8) is 0 Å². The fourth-order valence-corrected chi connectivity index (χ4v) is 2.74. The zero-order chi connectivity index (χ0) is 18.5.